The molecule has 0 saturated carbocycles. The summed E-state index contributed by atoms with van der Waals surface area (Å²) in [6.45, 7) is 4.19. The molecule has 0 aliphatic carbocycles. The van der Waals surface area contributed by atoms with Crippen LogP contribution in [0.1, 0.15) is 6.42 Å². The highest BCUT2D eigenvalue weighted by Gasteiger charge is 2.14. The lowest BCUT2D eigenvalue weighted by Crippen LogP contribution is -2.37. The second kappa shape index (κ2) is 6.73. The van der Waals surface area contributed by atoms with Crippen molar-refractivity contribution in [2.45, 2.75) is 6.42 Å². The maximum Gasteiger partial charge on any atom is 0.173 e. The summed E-state index contributed by atoms with van der Waals surface area (Å²) in [7, 11) is 3.82. The Morgan fingerprint density at radius 1 is 1.26 bits per heavy atom. The SMILES string of the molecule is COc1cccc(NC(=S)N2CCCN(C)CC2)c1. The molecule has 2 rings (SSSR count). The largest absolute Gasteiger partial charge is 0.497 e. The molecule has 0 radical (unpaired) electrons. The summed E-state index contributed by atoms with van der Waals surface area (Å²) in [4.78, 5) is 4.58. The van der Waals surface area contributed by atoms with Crippen LogP contribution in [0.15, 0.2) is 24.3 Å². The number of nitrogens with one attached hydrogen (secondary N) is 1. The summed E-state index contributed by atoms with van der Waals surface area (Å²) in [5.41, 5.74) is 0.974. The van der Waals surface area contributed by atoms with Crippen LogP contribution in [0.3, 0.4) is 0 Å². The first-order valence-corrected chi connectivity index (χ1v) is 6.98. The molecule has 0 amide bonds. The van der Waals surface area contributed by atoms with Crippen LogP contribution < -0.4 is 10.1 Å². The molecule has 104 valence electrons. The fourth-order valence-corrected chi connectivity index (χ4v) is 2.45. The number of likely N-dealkylation sites (N-methyl/N-ethyl adjacent to an activating group) is 1. The fraction of sp³-hybridized carbons (Fsp3) is 0.500. The quantitative estimate of drug-likeness (QED) is 0.836. The normalized spacial score (nSPS) is 16.8. The second-order valence-electron chi connectivity index (χ2n) is 4.81. The molecule has 1 aliphatic heterocycles. The molecular formula is C14H21N3OS. The van der Waals surface area contributed by atoms with Crippen molar-refractivity contribution in [2.24, 2.45) is 0 Å². The Morgan fingerprint density at radius 2 is 2.11 bits per heavy atom. The Morgan fingerprint density at radius 3 is 2.89 bits per heavy atom. The number of anilines is 1. The third-order valence-corrected chi connectivity index (χ3v) is 3.69. The summed E-state index contributed by atoms with van der Waals surface area (Å²) in [6.07, 6.45) is 1.15. The van der Waals surface area contributed by atoms with Gasteiger partial charge in [-0.15, -0.1) is 0 Å². The monoisotopic (exact) mass is 279 g/mol. The third kappa shape index (κ3) is 4.08. The summed E-state index contributed by atoms with van der Waals surface area (Å²) >= 11 is 5.49. The summed E-state index contributed by atoms with van der Waals surface area (Å²) in [6, 6.07) is 7.84. The molecule has 1 N–H and O–H groups in total. The van der Waals surface area contributed by atoms with Gasteiger partial charge in [-0.25, -0.2) is 0 Å². The van der Waals surface area contributed by atoms with E-state index in [1.54, 1.807) is 7.11 Å². The molecule has 1 fully saturated rings. The van der Waals surface area contributed by atoms with Crippen molar-refractivity contribution in [2.75, 3.05) is 45.7 Å². The minimum atomic E-state index is 0.795. The number of ether oxygens (including phenoxy) is 1. The average Bonchev–Trinajstić information content (AvgIpc) is 2.64. The van der Waals surface area contributed by atoms with E-state index >= 15 is 0 Å². The zero-order valence-electron chi connectivity index (χ0n) is 11.6. The minimum Gasteiger partial charge on any atom is -0.497 e. The van der Waals surface area contributed by atoms with Crippen molar-refractivity contribution < 1.29 is 4.74 Å². The average molecular weight is 279 g/mol. The molecular weight excluding hydrogens is 258 g/mol. The highest BCUT2D eigenvalue weighted by Crippen LogP contribution is 2.17. The van der Waals surface area contributed by atoms with Crippen molar-refractivity contribution in [3.05, 3.63) is 24.3 Å². The summed E-state index contributed by atoms with van der Waals surface area (Å²) in [5, 5.41) is 4.08. The predicted molar refractivity (Wildman–Crippen MR) is 82.9 cm³/mol. The molecule has 4 nitrogen and oxygen atoms in total. The number of thiocarbonyl (C=S) groups is 1. The molecule has 0 unspecified atom stereocenters. The lowest BCUT2D eigenvalue weighted by atomic mass is 10.3. The van der Waals surface area contributed by atoms with Gasteiger partial charge in [0.2, 0.25) is 0 Å². The van der Waals surface area contributed by atoms with E-state index in [2.05, 4.69) is 22.2 Å². The number of hydrogen-bond donors (Lipinski definition) is 1. The first kappa shape index (κ1) is 14.1. The van der Waals surface area contributed by atoms with Gasteiger partial charge in [-0.3, -0.25) is 0 Å². The first-order chi connectivity index (χ1) is 9.19. The number of benzene rings is 1. The van der Waals surface area contributed by atoms with Gasteiger partial charge in [-0.2, -0.15) is 0 Å². The van der Waals surface area contributed by atoms with Gasteiger partial charge in [0.15, 0.2) is 5.11 Å². The van der Waals surface area contributed by atoms with Crippen molar-refractivity contribution in [3.8, 4) is 5.75 Å². The predicted octanol–water partition coefficient (Wildman–Crippen LogP) is 2.03. The van der Waals surface area contributed by atoms with Gasteiger partial charge in [0.05, 0.1) is 7.11 Å². The number of nitrogens with zero attached hydrogens (tertiary/aromatic N) is 2. The fourth-order valence-electron chi connectivity index (χ4n) is 2.15. The van der Waals surface area contributed by atoms with E-state index < -0.39 is 0 Å². The van der Waals surface area contributed by atoms with Crippen LogP contribution in [-0.2, 0) is 0 Å². The van der Waals surface area contributed by atoms with Crippen LogP contribution in [0, 0.1) is 0 Å². The smallest absolute Gasteiger partial charge is 0.173 e. The number of methoxy groups -OCH3 is 1. The zero-order valence-corrected chi connectivity index (χ0v) is 12.4. The van der Waals surface area contributed by atoms with Crippen molar-refractivity contribution >= 4 is 23.0 Å². The van der Waals surface area contributed by atoms with E-state index in [4.69, 9.17) is 17.0 Å². The zero-order chi connectivity index (χ0) is 13.7. The minimum absolute atomic E-state index is 0.795. The van der Waals surface area contributed by atoms with Crippen molar-refractivity contribution in [1.82, 2.24) is 9.80 Å². The summed E-state index contributed by atoms with van der Waals surface area (Å²) < 4.78 is 5.21. The molecule has 1 saturated heterocycles. The van der Waals surface area contributed by atoms with E-state index in [1.165, 1.54) is 0 Å². The van der Waals surface area contributed by atoms with Crippen LogP contribution >= 0.6 is 12.2 Å². The standard InChI is InChI=1S/C14H21N3OS/c1-16-7-4-8-17(10-9-16)14(19)15-12-5-3-6-13(11-12)18-2/h3,5-6,11H,4,7-10H2,1-2H3,(H,15,19). The molecule has 1 heterocycles. The molecule has 0 bridgehead atoms. The molecule has 0 spiro atoms. The third-order valence-electron chi connectivity index (χ3n) is 3.33. The first-order valence-electron chi connectivity index (χ1n) is 6.57. The lowest BCUT2D eigenvalue weighted by Gasteiger charge is -2.24. The maximum atomic E-state index is 5.49. The van der Waals surface area contributed by atoms with Gasteiger partial charge in [0.25, 0.3) is 0 Å². The van der Waals surface area contributed by atoms with E-state index in [0.717, 1.165) is 49.1 Å². The Labute approximate surface area is 120 Å². The van der Waals surface area contributed by atoms with Gasteiger partial charge in [0.1, 0.15) is 5.75 Å². The van der Waals surface area contributed by atoms with Gasteiger partial charge in [0, 0.05) is 31.4 Å². The lowest BCUT2D eigenvalue weighted by molar-refractivity contribution is 0.347. The Kier molecular flexibility index (Phi) is 4.99. The van der Waals surface area contributed by atoms with Crippen LogP contribution in [-0.4, -0.2) is 55.2 Å². The van der Waals surface area contributed by atoms with E-state index in [0.29, 0.717) is 0 Å². The second-order valence-corrected chi connectivity index (χ2v) is 5.19. The van der Waals surface area contributed by atoms with Crippen LogP contribution in [0.4, 0.5) is 5.69 Å². The topological polar surface area (TPSA) is 27.7 Å². The van der Waals surface area contributed by atoms with Gasteiger partial charge >= 0.3 is 0 Å². The molecule has 0 atom stereocenters. The highest BCUT2D eigenvalue weighted by atomic mass is 32.1. The van der Waals surface area contributed by atoms with Gasteiger partial charge in [-0.05, 0) is 44.4 Å². The van der Waals surface area contributed by atoms with Gasteiger partial charge in [-0.1, -0.05) is 6.07 Å². The molecule has 1 aromatic rings. The molecule has 1 aromatic carbocycles. The van der Waals surface area contributed by atoms with Gasteiger partial charge < -0.3 is 19.9 Å². The number of rotatable bonds is 2. The maximum absolute atomic E-state index is 5.49. The molecule has 5 heteroatoms. The Balaban J connectivity index is 1.96. The highest BCUT2D eigenvalue weighted by molar-refractivity contribution is 7.80. The van der Waals surface area contributed by atoms with E-state index in [9.17, 15) is 0 Å². The summed E-state index contributed by atoms with van der Waals surface area (Å²) in [5.74, 6) is 0.836. The van der Waals surface area contributed by atoms with Crippen LogP contribution in [0.2, 0.25) is 0 Å². The van der Waals surface area contributed by atoms with Crippen molar-refractivity contribution in [1.29, 1.82) is 0 Å². The molecule has 0 aromatic heterocycles. The molecule has 1 aliphatic rings. The Hall–Kier alpha value is -1.33. The number of hydrogen-bond acceptors (Lipinski definition) is 3. The van der Waals surface area contributed by atoms with Crippen molar-refractivity contribution in [3.63, 3.8) is 0 Å². The Bertz CT molecular complexity index is 438. The van der Waals surface area contributed by atoms with E-state index in [-0.39, 0.29) is 0 Å². The van der Waals surface area contributed by atoms with Crippen LogP contribution in [0.5, 0.6) is 5.75 Å². The van der Waals surface area contributed by atoms with E-state index in [1.807, 2.05) is 24.3 Å². The molecule has 19 heavy (non-hydrogen) atoms. The van der Waals surface area contributed by atoms with Crippen LogP contribution in [0.25, 0.3) is 0 Å².